The van der Waals surface area contributed by atoms with E-state index in [1.807, 2.05) is 0 Å². The molecule has 0 N–H and O–H groups in total. The van der Waals surface area contributed by atoms with Crippen molar-refractivity contribution in [1.82, 2.24) is 0 Å². The zero-order chi connectivity index (χ0) is 15.0. The molecule has 3 rings (SSSR count). The van der Waals surface area contributed by atoms with Gasteiger partial charge in [-0.05, 0) is 0 Å². The molecule has 0 nitrogen and oxygen atoms in total. The van der Waals surface area contributed by atoms with Crippen molar-refractivity contribution in [2.75, 3.05) is 0 Å². The summed E-state index contributed by atoms with van der Waals surface area (Å²) in [4.78, 5) is 0. The van der Waals surface area contributed by atoms with E-state index in [0.717, 1.165) is 0 Å². The van der Waals surface area contributed by atoms with Crippen LogP contribution in [-0.4, -0.2) is 29.9 Å². The van der Waals surface area contributed by atoms with Gasteiger partial charge in [0.05, 0.1) is 0 Å². The van der Waals surface area contributed by atoms with Gasteiger partial charge in [-0.15, -0.1) is 0 Å². The number of hydrogen-bond donors (Lipinski definition) is 0. The second-order valence-corrected chi connectivity index (χ2v) is 9.37. The molecule has 3 aromatic rings. The van der Waals surface area contributed by atoms with Crippen molar-refractivity contribution in [3.8, 4) is 0 Å². The summed E-state index contributed by atoms with van der Waals surface area (Å²) >= 11 is 1.05. The molecule has 0 aliphatic rings. The fourth-order valence-electron chi connectivity index (χ4n) is 2.19. The van der Waals surface area contributed by atoms with Crippen molar-refractivity contribution in [1.29, 1.82) is 0 Å². The van der Waals surface area contributed by atoms with Crippen molar-refractivity contribution in [2.24, 2.45) is 0 Å². The zero-order valence-corrected chi connectivity index (χ0v) is 15.7. The summed E-state index contributed by atoms with van der Waals surface area (Å²) in [5, 5.41) is 2.39. The summed E-state index contributed by atoms with van der Waals surface area (Å²) in [6, 6.07) is 30.7. The molecule has 0 aromatic heterocycles. The Morgan fingerprint density at radius 2 is 0.818 bits per heavy atom. The topological polar surface area (TPSA) is 0 Å². The van der Waals surface area contributed by atoms with E-state index in [9.17, 15) is 0 Å². The Kier molecular flexibility index (Phi) is 5.93. The van der Waals surface area contributed by atoms with Gasteiger partial charge in [0.25, 0.3) is 0 Å². The van der Waals surface area contributed by atoms with E-state index in [0.29, 0.717) is 29.9 Å². The van der Waals surface area contributed by atoms with Crippen LogP contribution in [0.1, 0.15) is 11.1 Å². The molecular weight excluding hydrogens is 398 g/mol. The molecule has 110 valence electrons. The predicted molar refractivity (Wildman–Crippen MR) is 97.5 cm³/mol. The summed E-state index contributed by atoms with van der Waals surface area (Å²) in [5.41, 5.74) is 3.06. The molecule has 0 atom stereocenters. The molecule has 0 heterocycles. The van der Waals surface area contributed by atoms with Crippen LogP contribution in [0.5, 0.6) is 0 Å². The van der Waals surface area contributed by atoms with Gasteiger partial charge in [0, 0.05) is 0 Å². The molecule has 2 heteroatoms. The average molecular weight is 416 g/mol. The first-order chi connectivity index (χ1) is 10.9. The van der Waals surface area contributed by atoms with E-state index < -0.39 is 0 Å². The van der Waals surface area contributed by atoms with Crippen LogP contribution < -0.4 is 8.92 Å². The van der Waals surface area contributed by atoms with Gasteiger partial charge in [-0.2, -0.15) is 0 Å². The molecule has 0 saturated carbocycles. The molecular formula is C20H18Se2. The number of benzene rings is 3. The van der Waals surface area contributed by atoms with Gasteiger partial charge in [0.1, 0.15) is 0 Å². The van der Waals surface area contributed by atoms with Gasteiger partial charge in [0.15, 0.2) is 0 Å². The number of hydrogen-bond acceptors (Lipinski definition) is 0. The maximum absolute atomic E-state index is 2.31. The molecule has 0 fully saturated rings. The van der Waals surface area contributed by atoms with E-state index in [1.165, 1.54) is 30.7 Å². The third-order valence-corrected chi connectivity index (χ3v) is 7.84. The summed E-state index contributed by atoms with van der Waals surface area (Å²) in [6.45, 7) is 0. The van der Waals surface area contributed by atoms with Gasteiger partial charge in [-0.25, -0.2) is 0 Å². The van der Waals surface area contributed by atoms with Crippen molar-refractivity contribution >= 4 is 38.8 Å². The third-order valence-electron chi connectivity index (χ3n) is 3.39. The van der Waals surface area contributed by atoms with Crippen LogP contribution in [0.15, 0.2) is 84.9 Å². The summed E-state index contributed by atoms with van der Waals surface area (Å²) < 4.78 is 2.97. The SMILES string of the molecule is c1ccc([Se]Cc2ccccc2C[Se]c2ccccc2)cc1. The Morgan fingerprint density at radius 1 is 0.455 bits per heavy atom. The minimum atomic E-state index is 0.525. The molecule has 0 amide bonds. The quantitative estimate of drug-likeness (QED) is 0.543. The zero-order valence-electron chi connectivity index (χ0n) is 12.3. The van der Waals surface area contributed by atoms with E-state index >= 15 is 0 Å². The van der Waals surface area contributed by atoms with Crippen LogP contribution in [0.2, 0.25) is 0 Å². The fraction of sp³-hybridized carbons (Fsp3) is 0.100. The second kappa shape index (κ2) is 8.36. The van der Waals surface area contributed by atoms with Crippen LogP contribution in [-0.2, 0) is 10.6 Å². The predicted octanol–water partition coefficient (Wildman–Crippen LogP) is 2.75. The Hall–Kier alpha value is -1.30. The number of rotatable bonds is 6. The van der Waals surface area contributed by atoms with Gasteiger partial charge in [0.2, 0.25) is 0 Å². The van der Waals surface area contributed by atoms with Crippen molar-refractivity contribution in [3.05, 3.63) is 96.1 Å². The van der Waals surface area contributed by atoms with Crippen LogP contribution >= 0.6 is 0 Å². The van der Waals surface area contributed by atoms with Crippen LogP contribution in [0, 0.1) is 0 Å². The van der Waals surface area contributed by atoms with E-state index in [-0.39, 0.29) is 0 Å². The van der Waals surface area contributed by atoms with Crippen molar-refractivity contribution in [2.45, 2.75) is 10.6 Å². The van der Waals surface area contributed by atoms with E-state index in [4.69, 9.17) is 0 Å². The van der Waals surface area contributed by atoms with Crippen molar-refractivity contribution < 1.29 is 0 Å². The molecule has 22 heavy (non-hydrogen) atoms. The Labute approximate surface area is 145 Å². The maximum atomic E-state index is 2.31. The van der Waals surface area contributed by atoms with Crippen LogP contribution in [0.4, 0.5) is 0 Å². The first kappa shape index (κ1) is 15.6. The normalized spacial score (nSPS) is 10.5. The van der Waals surface area contributed by atoms with E-state index in [2.05, 4.69) is 84.9 Å². The molecule has 0 spiro atoms. The summed E-state index contributed by atoms with van der Waals surface area (Å²) in [6.07, 6.45) is 0. The first-order valence-electron chi connectivity index (χ1n) is 7.34. The molecule has 0 aliphatic heterocycles. The van der Waals surface area contributed by atoms with Gasteiger partial charge in [-0.3, -0.25) is 0 Å². The van der Waals surface area contributed by atoms with Crippen LogP contribution in [0.25, 0.3) is 0 Å². The summed E-state index contributed by atoms with van der Waals surface area (Å²) in [7, 11) is 0. The Bertz CT molecular complexity index is 631. The Morgan fingerprint density at radius 3 is 1.23 bits per heavy atom. The van der Waals surface area contributed by atoms with Gasteiger partial charge < -0.3 is 0 Å². The Balaban J connectivity index is 1.65. The van der Waals surface area contributed by atoms with Crippen LogP contribution in [0.3, 0.4) is 0 Å². The molecule has 0 unspecified atom stereocenters. The molecule has 0 bridgehead atoms. The molecule has 0 radical (unpaired) electrons. The summed E-state index contributed by atoms with van der Waals surface area (Å²) in [5.74, 6) is 0. The standard InChI is InChI=1S/C20H18Se2/c1-3-11-19(12-4-1)21-15-17-9-7-8-10-18(17)16-22-20-13-5-2-6-14-20/h1-14H,15-16H2. The molecule has 3 aromatic carbocycles. The monoisotopic (exact) mass is 418 g/mol. The second-order valence-electron chi connectivity index (χ2n) is 4.97. The fourth-order valence-corrected chi connectivity index (χ4v) is 6.20. The minimum absolute atomic E-state index is 0.525. The van der Waals surface area contributed by atoms with Gasteiger partial charge >= 0.3 is 146 Å². The van der Waals surface area contributed by atoms with Crippen molar-refractivity contribution in [3.63, 3.8) is 0 Å². The van der Waals surface area contributed by atoms with E-state index in [1.54, 1.807) is 0 Å². The first-order valence-corrected chi connectivity index (χ1v) is 11.5. The van der Waals surface area contributed by atoms with Gasteiger partial charge in [-0.1, -0.05) is 0 Å². The molecule has 0 saturated heterocycles. The average Bonchev–Trinajstić information content (AvgIpc) is 2.61. The third kappa shape index (κ3) is 4.60. The molecule has 0 aliphatic carbocycles.